The van der Waals surface area contributed by atoms with E-state index < -0.39 is 28.5 Å². The van der Waals surface area contributed by atoms with Gasteiger partial charge in [-0.25, -0.2) is 8.42 Å². The molecule has 2 amide bonds. The Balaban J connectivity index is 2.04. The van der Waals surface area contributed by atoms with E-state index in [9.17, 15) is 18.0 Å². The summed E-state index contributed by atoms with van der Waals surface area (Å²) in [7, 11) is -4.16. The van der Waals surface area contributed by atoms with Crippen molar-refractivity contribution in [2.75, 3.05) is 17.5 Å². The topological polar surface area (TPSA) is 96.0 Å². The first kappa shape index (κ1) is 32.2. The summed E-state index contributed by atoms with van der Waals surface area (Å²) >= 11 is 12.5. The molecule has 0 bridgehead atoms. The molecular weight excluding hydrogens is 585 g/mol. The molecule has 0 saturated carbocycles. The molecule has 8 nitrogen and oxygen atoms in total. The zero-order chi connectivity index (χ0) is 30.2. The third-order valence-corrected chi connectivity index (χ3v) is 8.94. The Bertz CT molecular complexity index is 1440. The van der Waals surface area contributed by atoms with Crippen molar-refractivity contribution in [3.05, 3.63) is 88.4 Å². The predicted octanol–water partition coefficient (Wildman–Crippen LogP) is 5.92. The molecule has 0 radical (unpaired) electrons. The molecule has 0 aliphatic carbocycles. The van der Waals surface area contributed by atoms with E-state index in [4.69, 9.17) is 27.9 Å². The van der Waals surface area contributed by atoms with Gasteiger partial charge in [0, 0.05) is 22.6 Å². The molecule has 1 N–H and O–H groups in total. The Hall–Kier alpha value is -3.27. The van der Waals surface area contributed by atoms with Crippen LogP contribution in [-0.2, 0) is 26.2 Å². The second-order valence-corrected chi connectivity index (χ2v) is 12.2. The Morgan fingerprint density at radius 3 is 2.20 bits per heavy atom. The number of hydrogen-bond acceptors (Lipinski definition) is 5. The minimum atomic E-state index is -4.16. The lowest BCUT2D eigenvalue weighted by Crippen LogP contribution is -2.52. The summed E-state index contributed by atoms with van der Waals surface area (Å²) in [5, 5.41) is 3.65. The van der Waals surface area contributed by atoms with E-state index in [1.54, 1.807) is 67.6 Å². The molecule has 0 aliphatic rings. The number of amides is 2. The third-order valence-electron chi connectivity index (χ3n) is 6.57. The first-order valence-corrected chi connectivity index (χ1v) is 15.5. The van der Waals surface area contributed by atoms with E-state index in [1.165, 1.54) is 17.0 Å². The van der Waals surface area contributed by atoms with Gasteiger partial charge in [-0.1, -0.05) is 54.4 Å². The average molecular weight is 621 g/mol. The molecule has 0 spiro atoms. The Morgan fingerprint density at radius 1 is 0.951 bits per heavy atom. The number of hydrogen-bond donors (Lipinski definition) is 1. The smallest absolute Gasteiger partial charge is 0.264 e. The van der Waals surface area contributed by atoms with Crippen LogP contribution in [0.15, 0.2) is 77.7 Å². The van der Waals surface area contributed by atoms with Crippen molar-refractivity contribution in [2.45, 2.75) is 57.6 Å². The SMILES string of the molecule is CCOc1ccc(N(CC(=O)N(Cc2ccc(Cl)cc2Cl)C(C)C(=O)NC(C)CC)S(=O)(=O)c2ccccc2)cc1. The molecule has 2 atom stereocenters. The number of benzene rings is 3. The zero-order valence-electron chi connectivity index (χ0n) is 23.5. The van der Waals surface area contributed by atoms with Crippen LogP contribution in [0, 0.1) is 0 Å². The number of nitrogens with zero attached hydrogens (tertiary/aromatic N) is 2. The normalized spacial score (nSPS) is 12.7. The van der Waals surface area contributed by atoms with Crippen LogP contribution in [0.2, 0.25) is 10.0 Å². The van der Waals surface area contributed by atoms with Gasteiger partial charge in [-0.05, 0) is 81.3 Å². The first-order valence-electron chi connectivity index (χ1n) is 13.3. The Kier molecular flexibility index (Phi) is 11.5. The van der Waals surface area contributed by atoms with Crippen molar-refractivity contribution in [1.82, 2.24) is 10.2 Å². The van der Waals surface area contributed by atoms with Crippen molar-refractivity contribution in [3.8, 4) is 5.75 Å². The first-order chi connectivity index (χ1) is 19.5. The maximum absolute atomic E-state index is 14.0. The highest BCUT2D eigenvalue weighted by Gasteiger charge is 2.33. The van der Waals surface area contributed by atoms with E-state index >= 15 is 0 Å². The Labute approximate surface area is 252 Å². The van der Waals surface area contributed by atoms with Gasteiger partial charge >= 0.3 is 0 Å². The minimum absolute atomic E-state index is 0.0246. The molecule has 0 aliphatic heterocycles. The number of carbonyl (C=O) groups is 2. The van der Waals surface area contributed by atoms with E-state index in [1.807, 2.05) is 20.8 Å². The van der Waals surface area contributed by atoms with Crippen molar-refractivity contribution in [2.24, 2.45) is 0 Å². The molecule has 0 heterocycles. The van der Waals surface area contributed by atoms with Gasteiger partial charge in [-0.15, -0.1) is 0 Å². The zero-order valence-corrected chi connectivity index (χ0v) is 25.8. The maximum atomic E-state index is 14.0. The van der Waals surface area contributed by atoms with Gasteiger partial charge < -0.3 is 15.0 Å². The predicted molar refractivity (Wildman–Crippen MR) is 163 cm³/mol. The molecule has 3 aromatic rings. The summed E-state index contributed by atoms with van der Waals surface area (Å²) in [4.78, 5) is 28.5. The van der Waals surface area contributed by atoms with Gasteiger partial charge in [0.2, 0.25) is 11.8 Å². The number of anilines is 1. The fourth-order valence-electron chi connectivity index (χ4n) is 4.01. The number of rotatable bonds is 13. The van der Waals surface area contributed by atoms with Crippen LogP contribution >= 0.6 is 23.2 Å². The monoisotopic (exact) mass is 619 g/mol. The van der Waals surface area contributed by atoms with E-state index in [2.05, 4.69) is 5.32 Å². The molecule has 0 aromatic heterocycles. The number of ether oxygens (including phenoxy) is 1. The standard InChI is InChI=1S/C30H35Cl2N3O5S/c1-5-21(3)33-30(37)22(4)34(19-23-12-13-24(31)18-28(23)32)29(36)20-35(25-14-16-26(17-15-25)40-6-2)41(38,39)27-10-8-7-9-11-27/h7-18,21-22H,5-6,19-20H2,1-4H3,(H,33,37). The lowest BCUT2D eigenvalue weighted by atomic mass is 10.1. The van der Waals surface area contributed by atoms with Crippen LogP contribution in [0.5, 0.6) is 5.75 Å². The van der Waals surface area contributed by atoms with E-state index in [0.717, 1.165) is 4.31 Å². The summed E-state index contributed by atoms with van der Waals surface area (Å²) < 4.78 is 34.2. The van der Waals surface area contributed by atoms with Crippen molar-refractivity contribution in [1.29, 1.82) is 0 Å². The number of sulfonamides is 1. The van der Waals surface area contributed by atoms with Gasteiger partial charge in [0.25, 0.3) is 10.0 Å². The number of halogens is 2. The molecule has 220 valence electrons. The van der Waals surface area contributed by atoms with Crippen LogP contribution in [0.4, 0.5) is 5.69 Å². The highest BCUT2D eigenvalue weighted by atomic mass is 35.5. The summed E-state index contributed by atoms with van der Waals surface area (Å²) in [6.07, 6.45) is 0.705. The maximum Gasteiger partial charge on any atom is 0.264 e. The van der Waals surface area contributed by atoms with Gasteiger partial charge in [0.05, 0.1) is 17.2 Å². The minimum Gasteiger partial charge on any atom is -0.494 e. The number of nitrogens with one attached hydrogen (secondary N) is 1. The summed E-state index contributed by atoms with van der Waals surface area (Å²) in [6.45, 7) is 7.11. The molecule has 11 heteroatoms. The van der Waals surface area contributed by atoms with E-state index in [0.29, 0.717) is 34.4 Å². The van der Waals surface area contributed by atoms with Crippen molar-refractivity contribution < 1.29 is 22.7 Å². The highest BCUT2D eigenvalue weighted by molar-refractivity contribution is 7.92. The lowest BCUT2D eigenvalue weighted by molar-refractivity contribution is -0.139. The lowest BCUT2D eigenvalue weighted by Gasteiger charge is -2.32. The molecule has 3 rings (SSSR count). The number of carbonyl (C=O) groups excluding carboxylic acids is 2. The van der Waals surface area contributed by atoms with Crippen LogP contribution in [-0.4, -0.2) is 50.4 Å². The fourth-order valence-corrected chi connectivity index (χ4v) is 5.91. The van der Waals surface area contributed by atoms with Crippen LogP contribution in [0.25, 0.3) is 0 Å². The molecule has 2 unspecified atom stereocenters. The second kappa shape index (κ2) is 14.6. The van der Waals surface area contributed by atoms with Gasteiger partial charge in [0.15, 0.2) is 0 Å². The van der Waals surface area contributed by atoms with Crippen molar-refractivity contribution in [3.63, 3.8) is 0 Å². The van der Waals surface area contributed by atoms with E-state index in [-0.39, 0.29) is 29.1 Å². The van der Waals surface area contributed by atoms with Gasteiger partial charge in [-0.2, -0.15) is 0 Å². The van der Waals surface area contributed by atoms with Gasteiger partial charge in [0.1, 0.15) is 18.3 Å². The molecule has 3 aromatic carbocycles. The Morgan fingerprint density at radius 2 is 1.61 bits per heavy atom. The van der Waals surface area contributed by atoms with Gasteiger partial charge in [-0.3, -0.25) is 13.9 Å². The molecule has 0 saturated heterocycles. The summed E-state index contributed by atoms with van der Waals surface area (Å²) in [6, 6.07) is 18.1. The highest BCUT2D eigenvalue weighted by Crippen LogP contribution is 2.28. The summed E-state index contributed by atoms with van der Waals surface area (Å²) in [5.41, 5.74) is 0.831. The van der Waals surface area contributed by atoms with Crippen LogP contribution in [0.3, 0.4) is 0 Å². The second-order valence-electron chi connectivity index (χ2n) is 9.50. The average Bonchev–Trinajstić information content (AvgIpc) is 2.96. The molecule has 0 fully saturated rings. The quantitative estimate of drug-likeness (QED) is 0.256. The fraction of sp³-hybridized carbons (Fsp3) is 0.333. The van der Waals surface area contributed by atoms with Crippen molar-refractivity contribution >= 4 is 50.7 Å². The third kappa shape index (κ3) is 8.38. The van der Waals surface area contributed by atoms with Crippen LogP contribution in [0.1, 0.15) is 39.7 Å². The van der Waals surface area contributed by atoms with Crippen LogP contribution < -0.4 is 14.4 Å². The largest absolute Gasteiger partial charge is 0.494 e. The molecular formula is C30H35Cl2N3O5S. The molecule has 41 heavy (non-hydrogen) atoms. The summed E-state index contributed by atoms with van der Waals surface area (Å²) in [5.74, 6) is -0.387.